The minimum absolute atomic E-state index is 0.000996. The smallest absolute Gasteiger partial charge is 0.266 e. The van der Waals surface area contributed by atoms with Gasteiger partial charge < -0.3 is 10.2 Å². The highest BCUT2D eigenvalue weighted by Crippen LogP contribution is 2.25. The Morgan fingerprint density at radius 1 is 1.22 bits per heavy atom. The summed E-state index contributed by atoms with van der Waals surface area (Å²) >= 11 is 5.99. The Balaban J connectivity index is 2.16. The Bertz CT molecular complexity index is 917. The van der Waals surface area contributed by atoms with Crippen LogP contribution in [0.2, 0.25) is 5.02 Å². The number of carbonyl (C=O) groups is 1. The van der Waals surface area contributed by atoms with E-state index in [0.29, 0.717) is 4.47 Å². The number of amides is 1. The van der Waals surface area contributed by atoms with Crippen LogP contribution in [0.25, 0.3) is 0 Å². The first-order valence-corrected chi connectivity index (χ1v) is 9.71. The van der Waals surface area contributed by atoms with E-state index in [9.17, 15) is 13.2 Å². The molecule has 0 saturated carbocycles. The molecule has 1 amide bonds. The summed E-state index contributed by atoms with van der Waals surface area (Å²) in [7, 11) is 2.26. The predicted octanol–water partition coefficient (Wildman–Crippen LogP) is 1.91. The quantitative estimate of drug-likeness (QED) is 0.698. The van der Waals surface area contributed by atoms with Crippen molar-refractivity contribution in [1.82, 2.24) is 14.8 Å². The van der Waals surface area contributed by atoms with Crippen LogP contribution in [0.15, 0.2) is 41.4 Å². The van der Waals surface area contributed by atoms with Crippen LogP contribution in [-0.2, 0) is 21.4 Å². The van der Waals surface area contributed by atoms with Crippen LogP contribution >= 0.6 is 11.6 Å². The molecule has 0 aliphatic carbocycles. The molecule has 0 spiro atoms. The van der Waals surface area contributed by atoms with Gasteiger partial charge in [0.05, 0.1) is 12.1 Å². The van der Waals surface area contributed by atoms with E-state index in [0.717, 1.165) is 11.4 Å². The van der Waals surface area contributed by atoms with Gasteiger partial charge in [-0.05, 0) is 29.8 Å². The van der Waals surface area contributed by atoms with Crippen LogP contribution in [0.3, 0.4) is 0 Å². The monoisotopic (exact) mass is 412 g/mol. The number of anilines is 1. The number of aromatic nitrogens is 1. The highest BCUT2D eigenvalue weighted by atomic mass is 35.5. The minimum atomic E-state index is -3.97. The highest BCUT2D eigenvalue weighted by Gasteiger charge is 2.25. The summed E-state index contributed by atoms with van der Waals surface area (Å²) in [6.45, 7) is 0.252. The molecule has 0 bridgehead atoms. The number of benzene rings is 1. The Morgan fingerprint density at radius 3 is 2.48 bits per heavy atom. The number of pyridine rings is 1. The number of carbonyl (C=O) groups excluding carboxylic acids is 1. The average molecular weight is 413 g/mol. The van der Waals surface area contributed by atoms with Gasteiger partial charge in [-0.3, -0.25) is 9.63 Å². The molecule has 1 N–H and O–H groups in total. The molecule has 2 rings (SSSR count). The van der Waals surface area contributed by atoms with Crippen molar-refractivity contribution in [2.24, 2.45) is 0 Å². The van der Waals surface area contributed by atoms with E-state index in [1.807, 2.05) is 31.1 Å². The number of sulfonamides is 1. The van der Waals surface area contributed by atoms with Gasteiger partial charge in [0.2, 0.25) is 0 Å². The second-order valence-electron chi connectivity index (χ2n) is 5.84. The summed E-state index contributed by atoms with van der Waals surface area (Å²) in [6, 6.07) is 7.73. The standard InChI is InChI=1S/C17H21ClN4O4S/c1-21(2)16-8-5-12(10-19-16)11-20-17(23)13-6-7-14(18)15(9-13)27(24,25)22(3)26-4/h5-10H,11H2,1-4H3,(H,20,23). The Hall–Kier alpha value is -2.20. The van der Waals surface area contributed by atoms with E-state index < -0.39 is 15.9 Å². The first-order valence-electron chi connectivity index (χ1n) is 7.90. The SMILES string of the molecule is CON(C)S(=O)(=O)c1cc(C(=O)NCc2ccc(N(C)C)nc2)ccc1Cl. The average Bonchev–Trinajstić information content (AvgIpc) is 2.65. The topological polar surface area (TPSA) is 91.8 Å². The van der Waals surface area contributed by atoms with E-state index in [2.05, 4.69) is 10.3 Å². The van der Waals surface area contributed by atoms with Crippen LogP contribution in [0.4, 0.5) is 5.82 Å². The van der Waals surface area contributed by atoms with E-state index in [-0.39, 0.29) is 22.0 Å². The molecular formula is C17H21ClN4O4S. The number of hydrogen-bond donors (Lipinski definition) is 1. The van der Waals surface area contributed by atoms with Gasteiger partial charge in [0.15, 0.2) is 0 Å². The van der Waals surface area contributed by atoms with Crippen molar-refractivity contribution in [3.05, 3.63) is 52.7 Å². The van der Waals surface area contributed by atoms with Crippen molar-refractivity contribution in [3.8, 4) is 0 Å². The zero-order chi connectivity index (χ0) is 20.2. The Kier molecular flexibility index (Phi) is 6.77. The molecule has 2 aromatic rings. The van der Waals surface area contributed by atoms with Crippen LogP contribution in [-0.4, -0.2) is 52.0 Å². The number of hydrogen-bond acceptors (Lipinski definition) is 6. The maximum atomic E-state index is 12.4. The lowest BCUT2D eigenvalue weighted by atomic mass is 10.2. The molecule has 0 saturated heterocycles. The van der Waals surface area contributed by atoms with E-state index in [1.165, 1.54) is 32.4 Å². The maximum absolute atomic E-state index is 12.4. The molecule has 1 heterocycles. The van der Waals surface area contributed by atoms with Gasteiger partial charge in [0, 0.05) is 39.4 Å². The fraction of sp³-hybridized carbons (Fsp3) is 0.294. The highest BCUT2D eigenvalue weighted by molar-refractivity contribution is 7.89. The molecule has 0 fully saturated rings. The molecular weight excluding hydrogens is 392 g/mol. The molecule has 146 valence electrons. The summed E-state index contributed by atoms with van der Waals surface area (Å²) in [4.78, 5) is 23.1. The van der Waals surface area contributed by atoms with Crippen molar-refractivity contribution in [1.29, 1.82) is 0 Å². The van der Waals surface area contributed by atoms with Gasteiger partial charge in [0.1, 0.15) is 10.7 Å². The van der Waals surface area contributed by atoms with Crippen LogP contribution in [0.5, 0.6) is 0 Å². The lowest BCUT2D eigenvalue weighted by Gasteiger charge is -2.16. The Morgan fingerprint density at radius 2 is 1.93 bits per heavy atom. The summed E-state index contributed by atoms with van der Waals surface area (Å²) in [5.41, 5.74) is 0.982. The molecule has 0 radical (unpaired) electrons. The summed E-state index contributed by atoms with van der Waals surface area (Å²) < 4.78 is 25.5. The number of nitrogens with zero attached hydrogens (tertiary/aromatic N) is 3. The molecule has 0 aliphatic heterocycles. The molecule has 27 heavy (non-hydrogen) atoms. The zero-order valence-corrected chi connectivity index (χ0v) is 17.0. The van der Waals surface area contributed by atoms with E-state index >= 15 is 0 Å². The molecule has 1 aromatic heterocycles. The third-order valence-corrected chi connectivity index (χ3v) is 5.95. The minimum Gasteiger partial charge on any atom is -0.363 e. The molecule has 1 aromatic carbocycles. The number of halogens is 1. The van der Waals surface area contributed by atoms with Crippen molar-refractivity contribution in [2.45, 2.75) is 11.4 Å². The van der Waals surface area contributed by atoms with Gasteiger partial charge >= 0.3 is 0 Å². The van der Waals surface area contributed by atoms with Crippen LogP contribution in [0.1, 0.15) is 15.9 Å². The predicted molar refractivity (Wildman–Crippen MR) is 103 cm³/mol. The Labute approximate surface area is 163 Å². The largest absolute Gasteiger partial charge is 0.363 e. The van der Waals surface area contributed by atoms with Crippen molar-refractivity contribution >= 4 is 33.3 Å². The third kappa shape index (κ3) is 4.95. The number of hydroxylamine groups is 1. The van der Waals surface area contributed by atoms with E-state index in [4.69, 9.17) is 16.4 Å². The second kappa shape index (κ2) is 8.66. The normalized spacial score (nSPS) is 11.5. The van der Waals surface area contributed by atoms with Crippen LogP contribution < -0.4 is 10.2 Å². The van der Waals surface area contributed by atoms with Crippen molar-refractivity contribution in [3.63, 3.8) is 0 Å². The fourth-order valence-electron chi connectivity index (χ4n) is 2.15. The van der Waals surface area contributed by atoms with Gasteiger partial charge in [-0.15, -0.1) is 0 Å². The lowest BCUT2D eigenvalue weighted by Crippen LogP contribution is -2.27. The summed E-state index contributed by atoms with van der Waals surface area (Å²) in [5.74, 6) is 0.375. The van der Waals surface area contributed by atoms with Crippen molar-refractivity contribution < 1.29 is 18.0 Å². The van der Waals surface area contributed by atoms with Crippen molar-refractivity contribution in [2.75, 3.05) is 33.2 Å². The van der Waals surface area contributed by atoms with Gasteiger partial charge in [-0.2, -0.15) is 0 Å². The molecule has 10 heteroatoms. The number of rotatable bonds is 7. The van der Waals surface area contributed by atoms with Gasteiger partial charge in [-0.25, -0.2) is 13.4 Å². The molecule has 0 aliphatic rings. The second-order valence-corrected chi connectivity index (χ2v) is 8.16. The molecule has 8 nitrogen and oxygen atoms in total. The third-order valence-electron chi connectivity index (χ3n) is 3.79. The maximum Gasteiger partial charge on any atom is 0.266 e. The first-order chi connectivity index (χ1) is 12.7. The molecule has 0 unspecified atom stereocenters. The lowest BCUT2D eigenvalue weighted by molar-refractivity contribution is -0.0258. The number of nitrogens with one attached hydrogen (secondary N) is 1. The summed E-state index contributed by atoms with van der Waals surface area (Å²) in [6.07, 6.45) is 1.67. The van der Waals surface area contributed by atoms with E-state index in [1.54, 1.807) is 6.20 Å². The molecule has 0 atom stereocenters. The summed E-state index contributed by atoms with van der Waals surface area (Å²) in [5, 5.41) is 2.73. The van der Waals surface area contributed by atoms with Crippen LogP contribution in [0, 0.1) is 0 Å². The first kappa shape index (κ1) is 21.1. The fourth-order valence-corrected chi connectivity index (χ4v) is 3.62. The van der Waals surface area contributed by atoms with Gasteiger partial charge in [-0.1, -0.05) is 22.1 Å². The van der Waals surface area contributed by atoms with Gasteiger partial charge in [0.25, 0.3) is 15.9 Å². The zero-order valence-electron chi connectivity index (χ0n) is 15.4.